The molecule has 0 atom stereocenters. The van der Waals surface area contributed by atoms with Crippen molar-refractivity contribution in [3.05, 3.63) is 24.3 Å². The molecule has 0 unspecified atom stereocenters. The maximum Gasteiger partial charge on any atom is 0.246 e. The van der Waals surface area contributed by atoms with Crippen LogP contribution >= 0.6 is 0 Å². The minimum atomic E-state index is 0.198. The van der Waals surface area contributed by atoms with Gasteiger partial charge in [0.25, 0.3) is 0 Å². The van der Waals surface area contributed by atoms with Crippen LogP contribution in [0.3, 0.4) is 0 Å². The van der Waals surface area contributed by atoms with Crippen LogP contribution < -0.4 is 0 Å². The smallest absolute Gasteiger partial charge is 0.246 e. The Labute approximate surface area is 235 Å². The van der Waals surface area contributed by atoms with E-state index in [4.69, 9.17) is 0 Å². The quantitative estimate of drug-likeness (QED) is 0.199. The van der Waals surface area contributed by atoms with Gasteiger partial charge in [0.05, 0.1) is 0 Å². The average Bonchev–Trinajstić information content (AvgIpc) is 3.27. The first-order valence-electron chi connectivity index (χ1n) is 15.8. The van der Waals surface area contributed by atoms with Gasteiger partial charge in [0, 0.05) is 39.3 Å². The Morgan fingerprint density at radius 3 is 1.32 bits per heavy atom. The zero-order valence-electron chi connectivity index (χ0n) is 25.5. The molecule has 0 aliphatic carbocycles. The van der Waals surface area contributed by atoms with Crippen LogP contribution in [0.1, 0.15) is 104 Å². The van der Waals surface area contributed by atoms with Crippen molar-refractivity contribution >= 4 is 11.8 Å². The third kappa shape index (κ3) is 17.8. The van der Waals surface area contributed by atoms with E-state index in [1.54, 1.807) is 12.2 Å². The maximum absolute atomic E-state index is 12.0. The lowest BCUT2D eigenvalue weighted by Gasteiger charge is -2.18. The minimum absolute atomic E-state index is 0.198. The van der Waals surface area contributed by atoms with E-state index < -0.39 is 0 Å². The number of rotatable bonds is 14. The SMILES string of the molecule is CCCCCCC/C=C/C(=O)N1CCCN(C)CC1.CCCCCCC/C=C/C(=O)N1CCCN(C)CC1. The first kappa shape index (κ1) is 34.4. The lowest BCUT2D eigenvalue weighted by Crippen LogP contribution is -2.33. The lowest BCUT2D eigenvalue weighted by molar-refractivity contribution is -0.126. The van der Waals surface area contributed by atoms with Crippen molar-refractivity contribution in [2.24, 2.45) is 0 Å². The summed E-state index contributed by atoms with van der Waals surface area (Å²) in [7, 11) is 4.25. The Bertz CT molecular complexity index is 608. The van der Waals surface area contributed by atoms with Crippen LogP contribution in [0.2, 0.25) is 0 Å². The van der Waals surface area contributed by atoms with Gasteiger partial charge in [-0.05, 0) is 77.9 Å². The summed E-state index contributed by atoms with van der Waals surface area (Å²) in [6.45, 7) is 12.2. The Kier molecular flexibility index (Phi) is 21.0. The first-order valence-corrected chi connectivity index (χ1v) is 15.8. The van der Waals surface area contributed by atoms with E-state index in [1.807, 2.05) is 9.80 Å². The highest BCUT2D eigenvalue weighted by molar-refractivity contribution is 5.88. The Balaban J connectivity index is 0.000000380. The highest BCUT2D eigenvalue weighted by atomic mass is 16.2. The van der Waals surface area contributed by atoms with Crippen molar-refractivity contribution in [1.29, 1.82) is 0 Å². The van der Waals surface area contributed by atoms with Crippen LogP contribution in [0.4, 0.5) is 0 Å². The average molecular weight is 533 g/mol. The third-order valence-electron chi connectivity index (χ3n) is 7.53. The molecular formula is C32H60N4O2. The fourth-order valence-corrected chi connectivity index (χ4v) is 4.84. The first-order chi connectivity index (χ1) is 18.5. The fraction of sp³-hybridized carbons (Fsp3) is 0.812. The van der Waals surface area contributed by atoms with Crippen LogP contribution in [-0.4, -0.2) is 97.9 Å². The summed E-state index contributed by atoms with van der Waals surface area (Å²) in [6.07, 6.45) is 24.9. The van der Waals surface area contributed by atoms with Gasteiger partial charge in [-0.25, -0.2) is 0 Å². The zero-order chi connectivity index (χ0) is 27.8. The number of hydrogen-bond donors (Lipinski definition) is 0. The highest BCUT2D eigenvalue weighted by Gasteiger charge is 2.15. The summed E-state index contributed by atoms with van der Waals surface area (Å²) < 4.78 is 0. The molecule has 6 nitrogen and oxygen atoms in total. The second-order valence-corrected chi connectivity index (χ2v) is 11.2. The molecule has 220 valence electrons. The molecule has 0 spiro atoms. The number of amides is 2. The molecule has 2 amide bonds. The Morgan fingerprint density at radius 1 is 0.526 bits per heavy atom. The molecule has 0 bridgehead atoms. The predicted octanol–water partition coefficient (Wildman–Crippen LogP) is 6.13. The summed E-state index contributed by atoms with van der Waals surface area (Å²) in [5.74, 6) is 0.396. The van der Waals surface area contributed by atoms with E-state index >= 15 is 0 Å². The van der Waals surface area contributed by atoms with Crippen LogP contribution in [0, 0.1) is 0 Å². The molecule has 38 heavy (non-hydrogen) atoms. The number of likely N-dealkylation sites (N-methyl/N-ethyl adjacent to an activating group) is 2. The molecule has 6 heteroatoms. The van der Waals surface area contributed by atoms with Gasteiger partial charge in [-0.3, -0.25) is 9.59 Å². The molecule has 0 saturated carbocycles. The van der Waals surface area contributed by atoms with Crippen LogP contribution in [0.5, 0.6) is 0 Å². The molecule has 0 radical (unpaired) electrons. The van der Waals surface area contributed by atoms with Crippen molar-refractivity contribution in [1.82, 2.24) is 19.6 Å². The molecular weight excluding hydrogens is 472 g/mol. The topological polar surface area (TPSA) is 47.1 Å². The van der Waals surface area contributed by atoms with Crippen molar-refractivity contribution < 1.29 is 9.59 Å². The maximum atomic E-state index is 12.0. The molecule has 2 aliphatic rings. The van der Waals surface area contributed by atoms with E-state index in [0.717, 1.165) is 78.0 Å². The molecule has 2 aliphatic heterocycles. The van der Waals surface area contributed by atoms with Crippen molar-refractivity contribution in [2.45, 2.75) is 104 Å². The Morgan fingerprint density at radius 2 is 0.921 bits per heavy atom. The molecule has 0 aromatic heterocycles. The van der Waals surface area contributed by atoms with Crippen molar-refractivity contribution in [3.63, 3.8) is 0 Å². The van der Waals surface area contributed by atoms with Gasteiger partial charge in [-0.1, -0.05) is 77.4 Å². The second-order valence-electron chi connectivity index (χ2n) is 11.2. The second kappa shape index (κ2) is 23.2. The normalized spacial score (nSPS) is 17.9. The van der Waals surface area contributed by atoms with E-state index in [2.05, 4.69) is 49.9 Å². The van der Waals surface area contributed by atoms with Crippen molar-refractivity contribution in [2.75, 3.05) is 66.5 Å². The number of hydrogen-bond acceptors (Lipinski definition) is 4. The van der Waals surface area contributed by atoms with Crippen LogP contribution in [0.25, 0.3) is 0 Å². The van der Waals surface area contributed by atoms with E-state index in [1.165, 1.54) is 64.2 Å². The lowest BCUT2D eigenvalue weighted by atomic mass is 10.1. The number of allylic oxidation sites excluding steroid dienone is 2. The number of carbonyl (C=O) groups is 2. The summed E-state index contributed by atoms with van der Waals surface area (Å²) in [4.78, 5) is 32.6. The largest absolute Gasteiger partial charge is 0.338 e. The summed E-state index contributed by atoms with van der Waals surface area (Å²) >= 11 is 0. The molecule has 2 saturated heterocycles. The van der Waals surface area contributed by atoms with Gasteiger partial charge in [-0.15, -0.1) is 0 Å². The summed E-state index contributed by atoms with van der Waals surface area (Å²) in [6, 6.07) is 0. The summed E-state index contributed by atoms with van der Waals surface area (Å²) in [5, 5.41) is 0. The number of carbonyl (C=O) groups excluding carboxylic acids is 2. The van der Waals surface area contributed by atoms with Crippen LogP contribution in [0.15, 0.2) is 24.3 Å². The molecule has 0 aromatic rings. The monoisotopic (exact) mass is 532 g/mol. The standard InChI is InChI=1S/2C16H30N2O/c2*1-3-4-5-6-7-8-9-11-16(19)18-13-10-12-17(2)14-15-18/h2*9,11H,3-8,10,12-15H2,1-2H3/b2*11-9+. The van der Waals surface area contributed by atoms with Gasteiger partial charge in [-0.2, -0.15) is 0 Å². The Hall–Kier alpha value is -1.66. The minimum Gasteiger partial charge on any atom is -0.338 e. The number of nitrogens with zero attached hydrogens (tertiary/aromatic N) is 4. The van der Waals surface area contributed by atoms with E-state index in [-0.39, 0.29) is 11.8 Å². The molecule has 0 aromatic carbocycles. The molecule has 2 heterocycles. The highest BCUT2D eigenvalue weighted by Crippen LogP contribution is 2.08. The van der Waals surface area contributed by atoms with Crippen molar-refractivity contribution in [3.8, 4) is 0 Å². The fourth-order valence-electron chi connectivity index (χ4n) is 4.84. The van der Waals surface area contributed by atoms with Gasteiger partial charge >= 0.3 is 0 Å². The molecule has 2 fully saturated rings. The summed E-state index contributed by atoms with van der Waals surface area (Å²) in [5.41, 5.74) is 0. The van der Waals surface area contributed by atoms with Gasteiger partial charge in [0.1, 0.15) is 0 Å². The predicted molar refractivity (Wildman–Crippen MR) is 162 cm³/mol. The van der Waals surface area contributed by atoms with E-state index in [9.17, 15) is 9.59 Å². The molecule has 0 N–H and O–H groups in total. The van der Waals surface area contributed by atoms with Gasteiger partial charge in [0.2, 0.25) is 11.8 Å². The van der Waals surface area contributed by atoms with E-state index in [0.29, 0.717) is 0 Å². The molecule has 2 rings (SSSR count). The van der Waals surface area contributed by atoms with Gasteiger partial charge in [0.15, 0.2) is 0 Å². The third-order valence-corrected chi connectivity index (χ3v) is 7.53. The zero-order valence-corrected chi connectivity index (χ0v) is 25.5. The number of unbranched alkanes of at least 4 members (excludes halogenated alkanes) is 10. The van der Waals surface area contributed by atoms with Gasteiger partial charge < -0.3 is 19.6 Å². The van der Waals surface area contributed by atoms with Crippen LogP contribution in [-0.2, 0) is 9.59 Å².